The maximum absolute atomic E-state index is 11.9. The number of rotatable bonds is 2. The molecule has 2 rings (SSSR count). The molecule has 0 aliphatic rings. The summed E-state index contributed by atoms with van der Waals surface area (Å²) in [5.41, 5.74) is -1.38. The van der Waals surface area contributed by atoms with E-state index in [0.717, 1.165) is 15.3 Å². The van der Waals surface area contributed by atoms with Crippen LogP contribution < -0.4 is 11.2 Å². The Balaban J connectivity index is 2.43. The summed E-state index contributed by atoms with van der Waals surface area (Å²) in [6.45, 7) is 0. The monoisotopic (exact) mass is 321 g/mol. The standard InChI is InChI=1S/C14H12ClN3O4/c1-17-12(20)10(13(21)18(2)14(17)22)7-16-11(19)8-3-5-9(15)6-4-8/h3-7,20H,1-2H3. The second kappa shape index (κ2) is 5.98. The van der Waals surface area contributed by atoms with Crippen molar-refractivity contribution in [3.63, 3.8) is 0 Å². The van der Waals surface area contributed by atoms with Crippen LogP contribution in [0.4, 0.5) is 0 Å². The van der Waals surface area contributed by atoms with Gasteiger partial charge in [0.2, 0.25) is 5.88 Å². The normalized spacial score (nSPS) is 11.0. The highest BCUT2D eigenvalue weighted by atomic mass is 35.5. The number of hydrogen-bond donors (Lipinski definition) is 1. The highest BCUT2D eigenvalue weighted by Gasteiger charge is 2.13. The van der Waals surface area contributed by atoms with Crippen molar-refractivity contribution in [1.82, 2.24) is 9.13 Å². The van der Waals surface area contributed by atoms with Gasteiger partial charge in [-0.1, -0.05) is 11.6 Å². The topological polar surface area (TPSA) is 93.7 Å². The van der Waals surface area contributed by atoms with E-state index in [4.69, 9.17) is 11.6 Å². The molecule has 0 aliphatic carbocycles. The molecule has 0 spiro atoms. The van der Waals surface area contributed by atoms with Gasteiger partial charge in [0.1, 0.15) is 5.56 Å². The van der Waals surface area contributed by atoms with Crippen molar-refractivity contribution >= 4 is 23.7 Å². The van der Waals surface area contributed by atoms with Crippen molar-refractivity contribution in [3.8, 4) is 5.88 Å². The first kappa shape index (κ1) is 15.7. The molecule has 1 heterocycles. The van der Waals surface area contributed by atoms with Gasteiger partial charge in [0, 0.05) is 30.9 Å². The Morgan fingerprint density at radius 1 is 1.18 bits per heavy atom. The molecule has 0 fully saturated rings. The SMILES string of the molecule is Cn1c(O)c(C=NC(=O)c2ccc(Cl)cc2)c(=O)n(C)c1=O. The maximum Gasteiger partial charge on any atom is 0.333 e. The van der Waals surface area contributed by atoms with Gasteiger partial charge in [0.05, 0.1) is 0 Å². The quantitative estimate of drug-likeness (QED) is 0.824. The number of carbonyl (C=O) groups is 1. The lowest BCUT2D eigenvalue weighted by atomic mass is 10.2. The Morgan fingerprint density at radius 3 is 2.36 bits per heavy atom. The summed E-state index contributed by atoms with van der Waals surface area (Å²) in [6, 6.07) is 6.04. The number of halogens is 1. The Hall–Kier alpha value is -2.67. The highest BCUT2D eigenvalue weighted by molar-refractivity contribution is 6.30. The fourth-order valence-corrected chi connectivity index (χ4v) is 1.89. The van der Waals surface area contributed by atoms with Gasteiger partial charge in [0.15, 0.2) is 0 Å². The third-order valence-electron chi connectivity index (χ3n) is 3.07. The Morgan fingerprint density at radius 2 is 1.77 bits per heavy atom. The summed E-state index contributed by atoms with van der Waals surface area (Å²) in [4.78, 5) is 39.0. The molecule has 2 aromatic rings. The Bertz CT molecular complexity index is 879. The van der Waals surface area contributed by atoms with Crippen LogP contribution in [0.25, 0.3) is 0 Å². The number of aliphatic imine (C=N–C) groups is 1. The molecule has 0 saturated carbocycles. The molecule has 0 aliphatic heterocycles. The van der Waals surface area contributed by atoms with Crippen LogP contribution >= 0.6 is 11.6 Å². The third-order valence-corrected chi connectivity index (χ3v) is 3.32. The Labute approximate surface area is 129 Å². The zero-order chi connectivity index (χ0) is 16.4. The molecule has 0 atom stereocenters. The van der Waals surface area contributed by atoms with Crippen LogP contribution in [0.3, 0.4) is 0 Å². The fraction of sp³-hybridized carbons (Fsp3) is 0.143. The fourth-order valence-electron chi connectivity index (χ4n) is 1.76. The highest BCUT2D eigenvalue weighted by Crippen LogP contribution is 2.11. The second-order valence-corrected chi connectivity index (χ2v) is 4.95. The van der Waals surface area contributed by atoms with Gasteiger partial charge in [-0.05, 0) is 24.3 Å². The minimum Gasteiger partial charge on any atom is -0.494 e. The van der Waals surface area contributed by atoms with Crippen molar-refractivity contribution in [1.29, 1.82) is 0 Å². The summed E-state index contributed by atoms with van der Waals surface area (Å²) in [5, 5.41) is 10.3. The molecule has 1 aromatic heterocycles. The van der Waals surface area contributed by atoms with Crippen molar-refractivity contribution in [2.45, 2.75) is 0 Å². The van der Waals surface area contributed by atoms with Gasteiger partial charge in [-0.3, -0.25) is 18.7 Å². The van der Waals surface area contributed by atoms with Crippen LogP contribution in [0.1, 0.15) is 15.9 Å². The molecule has 0 unspecified atom stereocenters. The van der Waals surface area contributed by atoms with E-state index in [2.05, 4.69) is 4.99 Å². The van der Waals surface area contributed by atoms with Gasteiger partial charge in [-0.25, -0.2) is 9.79 Å². The summed E-state index contributed by atoms with van der Waals surface area (Å²) in [7, 11) is 2.57. The summed E-state index contributed by atoms with van der Waals surface area (Å²) >= 11 is 5.72. The van der Waals surface area contributed by atoms with Crippen LogP contribution in [0.2, 0.25) is 5.02 Å². The second-order valence-electron chi connectivity index (χ2n) is 4.51. The van der Waals surface area contributed by atoms with Crippen LogP contribution in [-0.4, -0.2) is 26.4 Å². The number of carbonyl (C=O) groups excluding carboxylic acids is 1. The van der Waals surface area contributed by atoms with E-state index in [1.807, 2.05) is 0 Å². The zero-order valence-corrected chi connectivity index (χ0v) is 12.5. The average molecular weight is 322 g/mol. The molecule has 8 heteroatoms. The maximum atomic E-state index is 11.9. The van der Waals surface area contributed by atoms with Crippen molar-refractivity contribution in [2.24, 2.45) is 19.1 Å². The molecule has 114 valence electrons. The number of hydrogen-bond acceptors (Lipinski definition) is 4. The molecule has 7 nitrogen and oxygen atoms in total. The molecule has 1 aromatic carbocycles. The van der Waals surface area contributed by atoms with Crippen molar-refractivity contribution < 1.29 is 9.90 Å². The van der Waals surface area contributed by atoms with Gasteiger partial charge in [-0.2, -0.15) is 0 Å². The summed E-state index contributed by atoms with van der Waals surface area (Å²) in [6.07, 6.45) is 0.939. The van der Waals surface area contributed by atoms with E-state index >= 15 is 0 Å². The molecular weight excluding hydrogens is 310 g/mol. The molecule has 22 heavy (non-hydrogen) atoms. The molecule has 1 amide bonds. The van der Waals surface area contributed by atoms with Crippen LogP contribution in [0.15, 0.2) is 38.8 Å². The van der Waals surface area contributed by atoms with Crippen LogP contribution in [-0.2, 0) is 14.1 Å². The van der Waals surface area contributed by atoms with E-state index in [9.17, 15) is 19.5 Å². The Kier molecular flexibility index (Phi) is 4.27. The first-order valence-electron chi connectivity index (χ1n) is 6.16. The van der Waals surface area contributed by atoms with E-state index < -0.39 is 23.0 Å². The first-order chi connectivity index (χ1) is 10.3. The minimum absolute atomic E-state index is 0.244. The largest absolute Gasteiger partial charge is 0.494 e. The molecule has 0 bridgehead atoms. The predicted octanol–water partition coefficient (Wildman–Crippen LogP) is 0.702. The van der Waals surface area contributed by atoms with Crippen LogP contribution in [0.5, 0.6) is 5.88 Å². The van der Waals surface area contributed by atoms with Gasteiger partial charge < -0.3 is 5.11 Å². The lowest BCUT2D eigenvalue weighted by molar-refractivity contribution is 0.100. The smallest absolute Gasteiger partial charge is 0.333 e. The number of nitrogens with zero attached hydrogens (tertiary/aromatic N) is 3. The van der Waals surface area contributed by atoms with Gasteiger partial charge >= 0.3 is 5.69 Å². The third kappa shape index (κ3) is 2.84. The zero-order valence-electron chi connectivity index (χ0n) is 11.8. The number of benzene rings is 1. The van der Waals surface area contributed by atoms with Crippen molar-refractivity contribution in [3.05, 3.63) is 61.3 Å². The molecule has 0 saturated heterocycles. The summed E-state index contributed by atoms with van der Waals surface area (Å²) in [5.74, 6) is -1.16. The van der Waals surface area contributed by atoms with E-state index in [0.29, 0.717) is 5.02 Å². The first-order valence-corrected chi connectivity index (χ1v) is 6.53. The molecular formula is C14H12ClN3O4. The summed E-state index contributed by atoms with van der Waals surface area (Å²) < 4.78 is 1.70. The molecule has 1 N–H and O–H groups in total. The predicted molar refractivity (Wildman–Crippen MR) is 82.0 cm³/mol. The van der Waals surface area contributed by atoms with E-state index in [1.165, 1.54) is 38.4 Å². The van der Waals surface area contributed by atoms with E-state index in [-0.39, 0.29) is 11.1 Å². The van der Waals surface area contributed by atoms with Crippen LogP contribution in [0, 0.1) is 0 Å². The number of amides is 1. The molecule has 0 radical (unpaired) electrons. The van der Waals surface area contributed by atoms with Gasteiger partial charge in [0.25, 0.3) is 11.5 Å². The number of aromatic nitrogens is 2. The van der Waals surface area contributed by atoms with E-state index in [1.54, 1.807) is 0 Å². The number of aromatic hydroxyl groups is 1. The average Bonchev–Trinajstić information content (AvgIpc) is 2.51. The minimum atomic E-state index is -0.742. The van der Waals surface area contributed by atoms with Gasteiger partial charge in [-0.15, -0.1) is 0 Å². The van der Waals surface area contributed by atoms with Crippen molar-refractivity contribution in [2.75, 3.05) is 0 Å². The lowest BCUT2D eigenvalue weighted by Crippen LogP contribution is -2.38. The lowest BCUT2D eigenvalue weighted by Gasteiger charge is -2.06.